The second-order valence-corrected chi connectivity index (χ2v) is 8.05. The molecule has 0 saturated carbocycles. The monoisotopic (exact) mass is 366 g/mol. The Morgan fingerprint density at radius 1 is 1.25 bits per heavy atom. The van der Waals surface area contributed by atoms with E-state index >= 15 is 0 Å². The van der Waals surface area contributed by atoms with Gasteiger partial charge in [-0.05, 0) is 43.2 Å². The van der Waals surface area contributed by atoms with E-state index in [2.05, 4.69) is 4.98 Å². The van der Waals surface area contributed by atoms with Gasteiger partial charge in [-0.1, -0.05) is 31.5 Å². The molecule has 0 aliphatic heterocycles. The first kappa shape index (κ1) is 18.4. The van der Waals surface area contributed by atoms with E-state index in [4.69, 9.17) is 11.6 Å². The molecular weight excluding hydrogens is 348 g/mol. The van der Waals surface area contributed by atoms with Gasteiger partial charge in [0.05, 0.1) is 16.5 Å². The van der Waals surface area contributed by atoms with Crippen LogP contribution in [0.1, 0.15) is 42.7 Å². The molecule has 0 spiro atoms. The second kappa shape index (κ2) is 7.32. The van der Waals surface area contributed by atoms with E-state index in [1.54, 1.807) is 18.2 Å². The topological polar surface area (TPSA) is 76.1 Å². The van der Waals surface area contributed by atoms with Crippen LogP contribution in [0.2, 0.25) is 5.02 Å². The lowest BCUT2D eigenvalue weighted by atomic mass is 10.0. The molecule has 128 valence electrons. The first-order chi connectivity index (χ1) is 11.2. The minimum absolute atomic E-state index is 0.169. The van der Waals surface area contributed by atoms with E-state index in [9.17, 15) is 13.2 Å². The molecular formula is C17H19ClN2O3S. The van der Waals surface area contributed by atoms with Crippen molar-refractivity contribution in [2.75, 3.05) is 5.75 Å². The molecule has 1 N–H and O–H groups in total. The van der Waals surface area contributed by atoms with E-state index < -0.39 is 15.9 Å². The number of rotatable bonds is 5. The standard InChI is InChI=1S/C17H19ClN2O3S/c1-4-24(22,23)20-17(21)12-8-9-14(18)13(10-12)16-7-5-6-15(19-16)11(2)3/h5-11H,4H2,1-3H3,(H,20,21). The molecule has 0 aliphatic rings. The van der Waals surface area contributed by atoms with Crippen LogP contribution in [0.5, 0.6) is 0 Å². The van der Waals surface area contributed by atoms with Crippen LogP contribution in [0.15, 0.2) is 36.4 Å². The molecule has 0 atom stereocenters. The minimum Gasteiger partial charge on any atom is -0.268 e. The van der Waals surface area contributed by atoms with Gasteiger partial charge >= 0.3 is 0 Å². The minimum atomic E-state index is -3.62. The van der Waals surface area contributed by atoms with E-state index in [-0.39, 0.29) is 17.2 Å². The SMILES string of the molecule is CCS(=O)(=O)NC(=O)c1ccc(Cl)c(-c2cccc(C(C)C)n2)c1. The van der Waals surface area contributed by atoms with E-state index in [0.717, 1.165) is 5.69 Å². The van der Waals surface area contributed by atoms with Crippen LogP contribution < -0.4 is 4.72 Å². The number of benzene rings is 1. The third kappa shape index (κ3) is 4.33. The van der Waals surface area contributed by atoms with E-state index in [0.29, 0.717) is 16.3 Å². The van der Waals surface area contributed by atoms with Gasteiger partial charge in [0.2, 0.25) is 10.0 Å². The molecule has 2 aromatic rings. The third-order valence-electron chi connectivity index (χ3n) is 3.49. The fourth-order valence-electron chi connectivity index (χ4n) is 2.06. The van der Waals surface area contributed by atoms with Gasteiger partial charge in [0.15, 0.2) is 0 Å². The van der Waals surface area contributed by atoms with Crippen molar-refractivity contribution in [2.24, 2.45) is 0 Å². The number of aromatic nitrogens is 1. The van der Waals surface area contributed by atoms with Crippen LogP contribution in [0.3, 0.4) is 0 Å². The molecule has 1 aromatic heterocycles. The Hall–Kier alpha value is -1.92. The summed E-state index contributed by atoms with van der Waals surface area (Å²) >= 11 is 6.24. The van der Waals surface area contributed by atoms with Gasteiger partial charge in [-0.15, -0.1) is 0 Å². The summed E-state index contributed by atoms with van der Waals surface area (Å²) in [5.41, 5.74) is 2.34. The predicted molar refractivity (Wildman–Crippen MR) is 95.7 cm³/mol. The van der Waals surface area contributed by atoms with Crippen LogP contribution >= 0.6 is 11.6 Å². The zero-order valence-electron chi connectivity index (χ0n) is 13.7. The largest absolute Gasteiger partial charge is 0.268 e. The number of halogens is 1. The first-order valence-electron chi connectivity index (χ1n) is 7.55. The Balaban J connectivity index is 2.43. The Morgan fingerprint density at radius 3 is 2.58 bits per heavy atom. The Bertz CT molecular complexity index is 864. The highest BCUT2D eigenvalue weighted by atomic mass is 35.5. The molecule has 0 radical (unpaired) electrons. The number of hydrogen-bond donors (Lipinski definition) is 1. The summed E-state index contributed by atoms with van der Waals surface area (Å²) in [6, 6.07) is 10.2. The molecule has 0 fully saturated rings. The lowest BCUT2D eigenvalue weighted by Crippen LogP contribution is -2.31. The van der Waals surface area contributed by atoms with Gasteiger partial charge in [-0.25, -0.2) is 13.1 Å². The Kier molecular flexibility index (Phi) is 5.62. The van der Waals surface area contributed by atoms with Crippen molar-refractivity contribution in [1.29, 1.82) is 0 Å². The normalized spacial score (nSPS) is 11.5. The molecule has 7 heteroatoms. The van der Waals surface area contributed by atoms with E-state index in [1.165, 1.54) is 13.0 Å². The van der Waals surface area contributed by atoms with Crippen molar-refractivity contribution in [2.45, 2.75) is 26.7 Å². The maximum Gasteiger partial charge on any atom is 0.264 e. The van der Waals surface area contributed by atoms with Gasteiger partial charge in [-0.2, -0.15) is 0 Å². The van der Waals surface area contributed by atoms with Gasteiger partial charge in [0, 0.05) is 16.8 Å². The van der Waals surface area contributed by atoms with E-state index in [1.807, 2.05) is 30.7 Å². The van der Waals surface area contributed by atoms with Crippen molar-refractivity contribution in [3.05, 3.63) is 52.7 Å². The highest BCUT2D eigenvalue weighted by molar-refractivity contribution is 7.90. The summed E-state index contributed by atoms with van der Waals surface area (Å²) in [6.07, 6.45) is 0. The van der Waals surface area contributed by atoms with Gasteiger partial charge < -0.3 is 0 Å². The van der Waals surface area contributed by atoms with Crippen molar-refractivity contribution < 1.29 is 13.2 Å². The summed E-state index contributed by atoms with van der Waals surface area (Å²) in [5, 5.41) is 0.443. The maximum atomic E-state index is 12.1. The lowest BCUT2D eigenvalue weighted by Gasteiger charge is -2.10. The smallest absolute Gasteiger partial charge is 0.264 e. The zero-order chi connectivity index (χ0) is 17.9. The van der Waals surface area contributed by atoms with Crippen molar-refractivity contribution in [3.8, 4) is 11.3 Å². The van der Waals surface area contributed by atoms with Gasteiger partial charge in [0.25, 0.3) is 5.91 Å². The molecule has 0 saturated heterocycles. The maximum absolute atomic E-state index is 12.1. The Morgan fingerprint density at radius 2 is 1.96 bits per heavy atom. The second-order valence-electron chi connectivity index (χ2n) is 5.63. The van der Waals surface area contributed by atoms with Crippen LogP contribution in [0, 0.1) is 0 Å². The number of hydrogen-bond acceptors (Lipinski definition) is 4. The zero-order valence-corrected chi connectivity index (χ0v) is 15.3. The van der Waals surface area contributed by atoms with Crippen molar-refractivity contribution in [1.82, 2.24) is 9.71 Å². The highest BCUT2D eigenvalue weighted by Crippen LogP contribution is 2.28. The number of nitrogens with one attached hydrogen (secondary N) is 1. The molecule has 0 aliphatic carbocycles. The molecule has 5 nitrogen and oxygen atoms in total. The third-order valence-corrected chi connectivity index (χ3v) is 5.08. The number of carbonyl (C=O) groups excluding carboxylic acids is 1. The summed E-state index contributed by atoms with van der Waals surface area (Å²) < 4.78 is 25.1. The fourth-order valence-corrected chi connectivity index (χ4v) is 2.82. The summed E-state index contributed by atoms with van der Waals surface area (Å²) in [5.74, 6) is -0.600. The number of nitrogens with zero attached hydrogens (tertiary/aromatic N) is 1. The number of amides is 1. The van der Waals surface area contributed by atoms with Gasteiger partial charge in [0.1, 0.15) is 0 Å². The highest BCUT2D eigenvalue weighted by Gasteiger charge is 2.16. The first-order valence-corrected chi connectivity index (χ1v) is 9.58. The van der Waals surface area contributed by atoms with Crippen LogP contribution in [-0.4, -0.2) is 25.1 Å². The molecule has 1 heterocycles. The molecule has 2 rings (SSSR count). The molecule has 0 unspecified atom stereocenters. The fraction of sp³-hybridized carbons (Fsp3) is 0.294. The number of sulfonamides is 1. The Labute approximate surface area is 147 Å². The molecule has 24 heavy (non-hydrogen) atoms. The number of pyridine rings is 1. The van der Waals surface area contributed by atoms with Crippen LogP contribution in [-0.2, 0) is 10.0 Å². The van der Waals surface area contributed by atoms with Gasteiger partial charge in [-0.3, -0.25) is 9.78 Å². The average molecular weight is 367 g/mol. The van der Waals surface area contributed by atoms with Crippen LogP contribution in [0.25, 0.3) is 11.3 Å². The van der Waals surface area contributed by atoms with Crippen molar-refractivity contribution >= 4 is 27.5 Å². The molecule has 1 amide bonds. The number of carbonyl (C=O) groups is 1. The summed E-state index contributed by atoms with van der Waals surface area (Å²) in [4.78, 5) is 16.7. The molecule has 0 bridgehead atoms. The average Bonchev–Trinajstić information content (AvgIpc) is 2.55. The predicted octanol–water partition coefficient (Wildman–Crippen LogP) is 3.60. The van der Waals surface area contributed by atoms with Crippen LogP contribution in [0.4, 0.5) is 0 Å². The molecule has 1 aromatic carbocycles. The summed E-state index contributed by atoms with van der Waals surface area (Å²) in [7, 11) is -3.62. The lowest BCUT2D eigenvalue weighted by molar-refractivity contribution is 0.0981. The summed E-state index contributed by atoms with van der Waals surface area (Å²) in [6.45, 7) is 5.53. The van der Waals surface area contributed by atoms with Crippen molar-refractivity contribution in [3.63, 3.8) is 0 Å². The quantitative estimate of drug-likeness (QED) is 0.877.